The van der Waals surface area contributed by atoms with E-state index < -0.39 is 0 Å². The number of H-pyrrole nitrogens is 1. The van der Waals surface area contributed by atoms with Crippen LogP contribution in [0.4, 0.5) is 0 Å². The van der Waals surface area contributed by atoms with Crippen molar-refractivity contribution in [3.63, 3.8) is 0 Å². The zero-order valence-corrected chi connectivity index (χ0v) is 21.1. The van der Waals surface area contributed by atoms with E-state index in [0.29, 0.717) is 47.5 Å². The van der Waals surface area contributed by atoms with Gasteiger partial charge in [0, 0.05) is 25.6 Å². The fourth-order valence-corrected chi connectivity index (χ4v) is 5.16. The van der Waals surface area contributed by atoms with Crippen LogP contribution in [-0.2, 0) is 20.7 Å². The van der Waals surface area contributed by atoms with E-state index in [-0.39, 0.29) is 24.2 Å². The van der Waals surface area contributed by atoms with Crippen LogP contribution < -0.4 is 10.1 Å². The van der Waals surface area contributed by atoms with Crippen LogP contribution in [0.1, 0.15) is 18.4 Å². The summed E-state index contributed by atoms with van der Waals surface area (Å²) in [4.78, 5) is 23.9. The normalized spacial score (nSPS) is 20.8. The molecule has 6 rings (SSSR count). The first-order chi connectivity index (χ1) is 18.1. The van der Waals surface area contributed by atoms with Crippen molar-refractivity contribution in [2.45, 2.75) is 37.6 Å². The van der Waals surface area contributed by atoms with Gasteiger partial charge in [-0.3, -0.25) is 4.79 Å². The minimum atomic E-state index is -0.194. The second-order valence-electron chi connectivity index (χ2n) is 9.33. The van der Waals surface area contributed by atoms with Crippen molar-refractivity contribution in [1.82, 2.24) is 20.3 Å². The van der Waals surface area contributed by atoms with E-state index in [9.17, 15) is 4.79 Å². The molecule has 2 aromatic carbocycles. The number of rotatable bonds is 7. The molecule has 2 fully saturated rings. The first-order valence-electron chi connectivity index (χ1n) is 12.4. The molecular weight excluding hydrogens is 492 g/mol. The molecule has 4 heterocycles. The summed E-state index contributed by atoms with van der Waals surface area (Å²) in [6, 6.07) is 18.6. The molecule has 190 valence electrons. The summed E-state index contributed by atoms with van der Waals surface area (Å²) in [7, 11) is 1.66. The Kier molecular flexibility index (Phi) is 6.54. The Bertz CT molecular complexity index is 1420. The van der Waals surface area contributed by atoms with Gasteiger partial charge in [-0.1, -0.05) is 60.1 Å². The van der Waals surface area contributed by atoms with Crippen molar-refractivity contribution in [3.05, 3.63) is 65.2 Å². The molecule has 4 aromatic rings. The van der Waals surface area contributed by atoms with Crippen molar-refractivity contribution in [1.29, 1.82) is 0 Å². The first kappa shape index (κ1) is 23.9. The van der Waals surface area contributed by atoms with Gasteiger partial charge in [-0.15, -0.1) is 0 Å². The molecule has 2 aliphatic rings. The van der Waals surface area contributed by atoms with Crippen molar-refractivity contribution < 1.29 is 19.0 Å². The van der Waals surface area contributed by atoms with E-state index in [0.717, 1.165) is 35.1 Å². The van der Waals surface area contributed by atoms with Crippen LogP contribution in [-0.4, -0.2) is 59.4 Å². The molecule has 2 saturated heterocycles. The standard InChI is InChI=1S/C28H27ClN4O4/c1-30-24(34)11-4-16-2-5-17(6-3-16)18-7-9-19(10-8-18)25-20(29)14-21-27(32-25)33-28(31-21)37-23-15-36-22-12-13-35-26(22)23/h2-3,5-10,14,22-23,26H,4,11-13,15H2,1H3,(H,30,34)(H,31,32,33)/t22-,23?,26+/m1/s1. The van der Waals surface area contributed by atoms with E-state index in [1.807, 2.05) is 30.3 Å². The maximum atomic E-state index is 11.5. The maximum absolute atomic E-state index is 11.5. The molecule has 2 aromatic heterocycles. The van der Waals surface area contributed by atoms with Crippen LogP contribution in [0.3, 0.4) is 0 Å². The third-order valence-corrected chi connectivity index (χ3v) is 7.24. The minimum Gasteiger partial charge on any atom is -0.456 e. The average molecular weight is 519 g/mol. The summed E-state index contributed by atoms with van der Waals surface area (Å²) in [6.45, 7) is 1.18. The van der Waals surface area contributed by atoms with Gasteiger partial charge in [0.15, 0.2) is 11.8 Å². The Morgan fingerprint density at radius 2 is 1.81 bits per heavy atom. The van der Waals surface area contributed by atoms with Gasteiger partial charge in [0.05, 0.1) is 28.9 Å². The number of ether oxygens (including phenoxy) is 3. The number of hydrogen-bond donors (Lipinski definition) is 2. The summed E-state index contributed by atoms with van der Waals surface area (Å²) in [5.74, 6) is 0.0453. The van der Waals surface area contributed by atoms with Gasteiger partial charge < -0.3 is 24.5 Å². The number of nitrogens with zero attached hydrogens (tertiary/aromatic N) is 2. The number of fused-ring (bicyclic) bond motifs is 2. The van der Waals surface area contributed by atoms with Crippen LogP contribution in [0.25, 0.3) is 33.5 Å². The van der Waals surface area contributed by atoms with Crippen LogP contribution in [0.2, 0.25) is 5.02 Å². The van der Waals surface area contributed by atoms with Gasteiger partial charge in [-0.2, -0.15) is 4.98 Å². The maximum Gasteiger partial charge on any atom is 0.296 e. The van der Waals surface area contributed by atoms with E-state index in [2.05, 4.69) is 39.6 Å². The highest BCUT2D eigenvalue weighted by Gasteiger charge is 2.43. The summed E-state index contributed by atoms with van der Waals surface area (Å²) in [5.41, 5.74) is 6.12. The summed E-state index contributed by atoms with van der Waals surface area (Å²) in [5, 5.41) is 3.18. The second-order valence-corrected chi connectivity index (χ2v) is 9.74. The van der Waals surface area contributed by atoms with E-state index in [1.165, 1.54) is 0 Å². The Balaban J connectivity index is 1.18. The van der Waals surface area contributed by atoms with Crippen LogP contribution in [0.5, 0.6) is 6.01 Å². The molecule has 37 heavy (non-hydrogen) atoms. The molecule has 9 heteroatoms. The lowest BCUT2D eigenvalue weighted by Gasteiger charge is -2.15. The molecule has 1 amide bonds. The molecule has 2 aliphatic heterocycles. The highest BCUT2D eigenvalue weighted by atomic mass is 35.5. The third-order valence-electron chi connectivity index (χ3n) is 6.95. The zero-order chi connectivity index (χ0) is 25.4. The number of hydrogen-bond acceptors (Lipinski definition) is 6. The van der Waals surface area contributed by atoms with Crippen LogP contribution >= 0.6 is 11.6 Å². The van der Waals surface area contributed by atoms with Gasteiger partial charge in [-0.25, -0.2) is 4.98 Å². The van der Waals surface area contributed by atoms with Crippen molar-refractivity contribution >= 4 is 28.7 Å². The Morgan fingerprint density at radius 1 is 1.08 bits per heavy atom. The summed E-state index contributed by atoms with van der Waals surface area (Å²) in [6.07, 6.45) is 1.95. The number of nitrogens with one attached hydrogen (secondary N) is 2. The largest absolute Gasteiger partial charge is 0.456 e. The highest BCUT2D eigenvalue weighted by Crippen LogP contribution is 2.33. The molecule has 0 spiro atoms. The number of aryl methyl sites for hydroxylation is 1. The third kappa shape index (κ3) is 4.92. The summed E-state index contributed by atoms with van der Waals surface area (Å²) >= 11 is 6.61. The molecule has 1 unspecified atom stereocenters. The Labute approximate surface area is 219 Å². The number of aromatic nitrogens is 3. The number of amides is 1. The quantitative estimate of drug-likeness (QED) is 0.372. The van der Waals surface area contributed by atoms with Gasteiger partial charge >= 0.3 is 0 Å². The zero-order valence-electron chi connectivity index (χ0n) is 20.4. The lowest BCUT2D eigenvalue weighted by Crippen LogP contribution is -2.32. The number of carbonyl (C=O) groups is 1. The number of carbonyl (C=O) groups excluding carboxylic acids is 1. The van der Waals surface area contributed by atoms with E-state index >= 15 is 0 Å². The number of benzene rings is 2. The fourth-order valence-electron chi connectivity index (χ4n) is 4.90. The van der Waals surface area contributed by atoms with Crippen LogP contribution in [0, 0.1) is 0 Å². The van der Waals surface area contributed by atoms with Crippen LogP contribution in [0.15, 0.2) is 54.6 Å². The van der Waals surface area contributed by atoms with Gasteiger partial charge in [-0.05, 0) is 35.6 Å². The van der Waals surface area contributed by atoms with Gasteiger partial charge in [0.1, 0.15) is 6.10 Å². The van der Waals surface area contributed by atoms with Crippen molar-refractivity contribution in [2.75, 3.05) is 20.3 Å². The predicted octanol–water partition coefficient (Wildman–Crippen LogP) is 4.56. The monoisotopic (exact) mass is 518 g/mol. The molecule has 3 atom stereocenters. The predicted molar refractivity (Wildman–Crippen MR) is 141 cm³/mol. The molecular formula is C28H27ClN4O4. The number of aromatic amines is 1. The van der Waals surface area contributed by atoms with E-state index in [4.69, 9.17) is 30.8 Å². The first-order valence-corrected chi connectivity index (χ1v) is 12.8. The fraction of sp³-hybridized carbons (Fsp3) is 0.321. The van der Waals surface area contributed by atoms with Gasteiger partial charge in [0.2, 0.25) is 5.91 Å². The second kappa shape index (κ2) is 10.1. The number of halogens is 1. The molecule has 0 bridgehead atoms. The number of pyridine rings is 1. The lowest BCUT2D eigenvalue weighted by molar-refractivity contribution is -0.120. The molecule has 8 nitrogen and oxygen atoms in total. The SMILES string of the molecule is CNC(=O)CCc1ccc(-c2ccc(-c3nc4nc(OC5CO[C@@H]6CCO[C@H]56)[nH]c4cc3Cl)cc2)cc1. The average Bonchev–Trinajstić information content (AvgIpc) is 3.64. The topological polar surface area (TPSA) is 98.4 Å². The smallest absolute Gasteiger partial charge is 0.296 e. The lowest BCUT2D eigenvalue weighted by atomic mass is 10.00. The molecule has 0 radical (unpaired) electrons. The number of imidazole rings is 1. The summed E-state index contributed by atoms with van der Waals surface area (Å²) < 4.78 is 17.6. The molecule has 2 N–H and O–H groups in total. The minimum absolute atomic E-state index is 0.0453. The Hall–Kier alpha value is -3.46. The van der Waals surface area contributed by atoms with Crippen molar-refractivity contribution in [3.8, 4) is 28.4 Å². The Morgan fingerprint density at radius 3 is 2.57 bits per heavy atom. The van der Waals surface area contributed by atoms with Gasteiger partial charge in [0.25, 0.3) is 6.01 Å². The highest BCUT2D eigenvalue weighted by molar-refractivity contribution is 6.33. The van der Waals surface area contributed by atoms with E-state index in [1.54, 1.807) is 7.05 Å². The van der Waals surface area contributed by atoms with Crippen molar-refractivity contribution in [2.24, 2.45) is 0 Å². The molecule has 0 aliphatic carbocycles. The molecule has 0 saturated carbocycles.